The number of rotatable bonds is 4. The summed E-state index contributed by atoms with van der Waals surface area (Å²) >= 11 is 0. The molecule has 2 aromatic carbocycles. The van der Waals surface area contributed by atoms with Crippen LogP contribution in [0, 0.1) is 23.1 Å². The van der Waals surface area contributed by atoms with Crippen molar-refractivity contribution >= 4 is 30.7 Å². The summed E-state index contributed by atoms with van der Waals surface area (Å²) in [6, 6.07) is 17.8. The number of carbonyl (C=O) groups is 1. The molecule has 0 bridgehead atoms. The van der Waals surface area contributed by atoms with E-state index in [4.69, 9.17) is 0 Å². The molecule has 31 heavy (non-hydrogen) atoms. The van der Waals surface area contributed by atoms with Crippen LogP contribution in [0.4, 0.5) is 4.39 Å². The molecule has 3 aliphatic rings. The van der Waals surface area contributed by atoms with Gasteiger partial charge in [0.2, 0.25) is 5.91 Å². The van der Waals surface area contributed by atoms with E-state index in [1.165, 1.54) is 11.6 Å². The van der Waals surface area contributed by atoms with Gasteiger partial charge in [-0.2, -0.15) is 0 Å². The van der Waals surface area contributed by atoms with Gasteiger partial charge in [0.1, 0.15) is 5.82 Å². The summed E-state index contributed by atoms with van der Waals surface area (Å²) in [5.41, 5.74) is 1.47. The van der Waals surface area contributed by atoms with Crippen LogP contribution in [0.3, 0.4) is 0 Å². The minimum atomic E-state index is -0.505. The molecule has 0 aliphatic carbocycles. The fraction of sp³-hybridized carbons (Fsp3) is 0.458. The summed E-state index contributed by atoms with van der Waals surface area (Å²) in [7, 11) is 2.19. The van der Waals surface area contributed by atoms with Crippen LogP contribution < -0.4 is 5.32 Å². The first kappa shape index (κ1) is 24.0. The van der Waals surface area contributed by atoms with Crippen LogP contribution >= 0.6 is 24.8 Å². The molecule has 0 saturated carbocycles. The summed E-state index contributed by atoms with van der Waals surface area (Å²) in [6.07, 6.45) is 0.472. The van der Waals surface area contributed by atoms with Crippen molar-refractivity contribution in [2.75, 3.05) is 39.8 Å². The van der Waals surface area contributed by atoms with Gasteiger partial charge < -0.3 is 10.2 Å². The Kier molecular flexibility index (Phi) is 7.32. The van der Waals surface area contributed by atoms with Crippen LogP contribution in [0.15, 0.2) is 54.6 Å². The molecule has 1 amide bonds. The fourth-order valence-electron chi connectivity index (χ4n) is 5.70. The van der Waals surface area contributed by atoms with Crippen molar-refractivity contribution in [3.8, 4) is 0 Å². The Morgan fingerprint density at radius 2 is 1.71 bits per heavy atom. The van der Waals surface area contributed by atoms with E-state index >= 15 is 0 Å². The highest BCUT2D eigenvalue weighted by Crippen LogP contribution is 2.45. The first-order valence-corrected chi connectivity index (χ1v) is 10.6. The van der Waals surface area contributed by atoms with Crippen molar-refractivity contribution in [3.63, 3.8) is 0 Å². The number of amides is 1. The van der Waals surface area contributed by atoms with Crippen molar-refractivity contribution in [1.29, 1.82) is 0 Å². The van der Waals surface area contributed by atoms with Crippen LogP contribution in [0.25, 0.3) is 0 Å². The molecule has 0 unspecified atom stereocenters. The molecule has 2 aromatic rings. The van der Waals surface area contributed by atoms with Gasteiger partial charge in [0.15, 0.2) is 0 Å². The van der Waals surface area contributed by atoms with Gasteiger partial charge in [0, 0.05) is 44.7 Å². The Labute approximate surface area is 196 Å². The smallest absolute Gasteiger partial charge is 0.231 e. The van der Waals surface area contributed by atoms with E-state index in [0.29, 0.717) is 43.0 Å². The van der Waals surface area contributed by atoms with E-state index in [1.54, 1.807) is 6.07 Å². The zero-order valence-electron chi connectivity index (χ0n) is 17.7. The predicted molar refractivity (Wildman–Crippen MR) is 125 cm³/mol. The molecule has 7 heteroatoms. The lowest BCUT2D eigenvalue weighted by atomic mass is 9.75. The van der Waals surface area contributed by atoms with Crippen LogP contribution in [0.1, 0.15) is 17.2 Å². The minimum absolute atomic E-state index is 0. The number of fused-ring (bicyclic) bond motifs is 1. The lowest BCUT2D eigenvalue weighted by molar-refractivity contribution is -0.144. The number of nitrogens with zero attached hydrogens (tertiary/aromatic N) is 2. The molecule has 4 nitrogen and oxygen atoms in total. The Bertz CT molecular complexity index is 909. The molecule has 168 valence electrons. The van der Waals surface area contributed by atoms with Gasteiger partial charge in [-0.3, -0.25) is 9.69 Å². The minimum Gasteiger partial charge on any atom is -0.341 e. The van der Waals surface area contributed by atoms with Gasteiger partial charge in [0.05, 0.1) is 5.41 Å². The molecular formula is C24H30Cl2FN3O. The average Bonchev–Trinajstić information content (AvgIpc) is 3.22. The third-order valence-corrected chi connectivity index (χ3v) is 7.19. The van der Waals surface area contributed by atoms with Crippen molar-refractivity contribution in [2.45, 2.75) is 12.5 Å². The van der Waals surface area contributed by atoms with E-state index in [-0.39, 0.29) is 36.5 Å². The normalized spacial score (nSPS) is 26.4. The zero-order chi connectivity index (χ0) is 20.0. The topological polar surface area (TPSA) is 35.6 Å². The first-order chi connectivity index (χ1) is 14.1. The van der Waals surface area contributed by atoms with E-state index in [1.807, 2.05) is 12.1 Å². The van der Waals surface area contributed by atoms with E-state index < -0.39 is 5.41 Å². The molecule has 0 spiro atoms. The second kappa shape index (κ2) is 9.45. The highest BCUT2D eigenvalue weighted by atomic mass is 35.5. The Balaban J connectivity index is 0.00000136. The molecule has 0 aromatic heterocycles. The maximum atomic E-state index is 14.2. The average molecular weight is 466 g/mol. The molecule has 0 radical (unpaired) electrons. The number of likely N-dealkylation sites (tertiary alicyclic amines) is 2. The van der Waals surface area contributed by atoms with Gasteiger partial charge in [-0.25, -0.2) is 4.39 Å². The predicted octanol–water partition coefficient (Wildman–Crippen LogP) is 3.56. The van der Waals surface area contributed by atoms with E-state index in [2.05, 4.69) is 52.5 Å². The summed E-state index contributed by atoms with van der Waals surface area (Å²) in [5, 5.41) is 3.26. The molecule has 3 atom stereocenters. The van der Waals surface area contributed by atoms with Crippen molar-refractivity contribution < 1.29 is 9.18 Å². The molecular weight excluding hydrogens is 436 g/mol. The summed E-state index contributed by atoms with van der Waals surface area (Å²) in [4.78, 5) is 18.1. The van der Waals surface area contributed by atoms with Crippen LogP contribution in [0.5, 0.6) is 0 Å². The van der Waals surface area contributed by atoms with Crippen molar-refractivity contribution in [2.24, 2.45) is 17.3 Å². The molecule has 3 heterocycles. The first-order valence-electron chi connectivity index (χ1n) is 10.6. The fourth-order valence-corrected chi connectivity index (χ4v) is 5.70. The van der Waals surface area contributed by atoms with E-state index in [9.17, 15) is 9.18 Å². The Hall–Kier alpha value is -1.66. The molecule has 3 fully saturated rings. The highest BCUT2D eigenvalue weighted by Gasteiger charge is 2.52. The van der Waals surface area contributed by atoms with E-state index in [0.717, 1.165) is 19.6 Å². The lowest BCUT2D eigenvalue weighted by Gasteiger charge is -2.44. The van der Waals surface area contributed by atoms with Gasteiger partial charge in [-0.05, 0) is 36.6 Å². The number of halogens is 3. The maximum absolute atomic E-state index is 14.2. The van der Waals surface area contributed by atoms with Gasteiger partial charge >= 0.3 is 0 Å². The summed E-state index contributed by atoms with van der Waals surface area (Å²) in [6.45, 7) is 3.90. The molecule has 5 rings (SSSR count). The van der Waals surface area contributed by atoms with Gasteiger partial charge in [-0.15, -0.1) is 24.8 Å². The second-order valence-corrected chi connectivity index (χ2v) is 9.08. The highest BCUT2D eigenvalue weighted by molar-refractivity contribution is 5.86. The second-order valence-electron chi connectivity index (χ2n) is 9.08. The van der Waals surface area contributed by atoms with Gasteiger partial charge in [0.25, 0.3) is 0 Å². The van der Waals surface area contributed by atoms with Gasteiger partial charge in [-0.1, -0.05) is 48.5 Å². The molecule has 3 aliphatic heterocycles. The third kappa shape index (κ3) is 4.21. The Morgan fingerprint density at radius 3 is 2.35 bits per heavy atom. The number of hydrogen-bond donors (Lipinski definition) is 1. The van der Waals surface area contributed by atoms with Crippen molar-refractivity contribution in [3.05, 3.63) is 71.5 Å². The number of nitrogens with one attached hydrogen (secondary N) is 1. The van der Waals surface area contributed by atoms with Crippen LogP contribution in [-0.4, -0.2) is 55.5 Å². The van der Waals surface area contributed by atoms with Crippen molar-refractivity contribution in [1.82, 2.24) is 15.1 Å². The molecule has 1 N–H and O–H groups in total. The zero-order valence-corrected chi connectivity index (χ0v) is 19.3. The monoisotopic (exact) mass is 465 g/mol. The lowest BCUT2D eigenvalue weighted by Crippen LogP contribution is -2.63. The SMILES string of the molecule is CN1C[C@H]2CN(C(=O)C3(Cc4ccccc4F)CNC3)C[C@H]2[C@@H]1c1ccccc1.Cl.Cl. The summed E-state index contributed by atoms with van der Waals surface area (Å²) < 4.78 is 14.2. The Morgan fingerprint density at radius 1 is 1.03 bits per heavy atom. The maximum Gasteiger partial charge on any atom is 0.231 e. The summed E-state index contributed by atoms with van der Waals surface area (Å²) in [5.74, 6) is 0.955. The standard InChI is InChI=1S/C24H28FN3O.2ClH/c1-27-12-19-13-28(14-20(19)22(27)17-7-3-2-4-8-17)23(29)24(15-26-16-24)11-18-9-5-6-10-21(18)25;;/h2-10,19-20,22,26H,11-16H2,1H3;2*1H/t19-,20+,22-;;/m0../s1. The largest absolute Gasteiger partial charge is 0.341 e. The molecule has 3 saturated heterocycles. The van der Waals surface area contributed by atoms with Crippen LogP contribution in [0.2, 0.25) is 0 Å². The third-order valence-electron chi connectivity index (χ3n) is 7.19. The quantitative estimate of drug-likeness (QED) is 0.749. The number of carbonyl (C=O) groups excluding carboxylic acids is 1. The van der Waals surface area contributed by atoms with Crippen LogP contribution in [-0.2, 0) is 11.2 Å². The number of benzene rings is 2. The number of hydrogen-bond acceptors (Lipinski definition) is 3.